The highest BCUT2D eigenvalue weighted by atomic mass is 16.6. The predicted octanol–water partition coefficient (Wildman–Crippen LogP) is 0.942. The molecule has 6 nitrogen and oxygen atoms in total. The molecular weight excluding hydrogens is 296 g/mol. The number of benzene rings is 1. The fourth-order valence-corrected chi connectivity index (χ4v) is 2.07. The third-order valence-electron chi connectivity index (χ3n) is 3.45. The van der Waals surface area contributed by atoms with Gasteiger partial charge < -0.3 is 24.7 Å². The van der Waals surface area contributed by atoms with Crippen LogP contribution in [0.3, 0.4) is 0 Å². The number of para-hydroxylation sites is 2. The van der Waals surface area contributed by atoms with Crippen LogP contribution in [0.25, 0.3) is 0 Å². The Bertz CT molecular complexity index is 540. The highest BCUT2D eigenvalue weighted by Gasteiger charge is 2.23. The molecule has 0 aromatic heterocycles. The lowest BCUT2D eigenvalue weighted by Crippen LogP contribution is -2.96. The minimum Gasteiger partial charge on any atom is -0.485 e. The molecule has 1 aromatic carbocycles. The van der Waals surface area contributed by atoms with E-state index in [2.05, 4.69) is 31.2 Å². The molecule has 0 fully saturated rings. The fraction of sp³-hybridized carbons (Fsp3) is 0.588. The summed E-state index contributed by atoms with van der Waals surface area (Å²) in [6.45, 7) is 9.26. The number of quaternary nitrogens is 1. The van der Waals surface area contributed by atoms with Crippen molar-refractivity contribution in [3.8, 4) is 11.5 Å². The van der Waals surface area contributed by atoms with Gasteiger partial charge in [-0.1, -0.05) is 17.3 Å². The fourth-order valence-electron chi connectivity index (χ4n) is 2.07. The van der Waals surface area contributed by atoms with E-state index in [1.165, 1.54) is 0 Å². The molecule has 1 aliphatic rings. The maximum Gasteiger partial charge on any atom is 0.174 e. The molecule has 23 heavy (non-hydrogen) atoms. The Morgan fingerprint density at radius 1 is 1.39 bits per heavy atom. The number of hydrogen-bond acceptors (Lipinski definition) is 5. The van der Waals surface area contributed by atoms with Crippen LogP contribution in [-0.2, 0) is 4.84 Å². The summed E-state index contributed by atoms with van der Waals surface area (Å²) >= 11 is 0. The van der Waals surface area contributed by atoms with Crippen molar-refractivity contribution in [2.75, 3.05) is 19.8 Å². The lowest BCUT2D eigenvalue weighted by molar-refractivity contribution is -0.722. The van der Waals surface area contributed by atoms with Crippen LogP contribution >= 0.6 is 0 Å². The number of aliphatic hydroxyl groups is 1. The maximum atomic E-state index is 9.88. The van der Waals surface area contributed by atoms with Crippen LogP contribution < -0.4 is 14.8 Å². The molecule has 2 rings (SSSR count). The number of rotatable bonds is 6. The molecule has 0 bridgehead atoms. The molecule has 0 saturated carbocycles. The Kier molecular flexibility index (Phi) is 5.85. The third-order valence-corrected chi connectivity index (χ3v) is 3.45. The molecule has 0 amide bonds. The van der Waals surface area contributed by atoms with Gasteiger partial charge in [-0.15, -0.1) is 0 Å². The molecule has 0 saturated heterocycles. The zero-order valence-electron chi connectivity index (χ0n) is 14.3. The summed E-state index contributed by atoms with van der Waals surface area (Å²) < 4.78 is 11.5. The third kappa shape index (κ3) is 5.73. The Morgan fingerprint density at radius 3 is 2.78 bits per heavy atom. The van der Waals surface area contributed by atoms with E-state index in [9.17, 15) is 5.11 Å². The summed E-state index contributed by atoms with van der Waals surface area (Å²) in [5, 5.41) is 16.0. The van der Waals surface area contributed by atoms with Crippen LogP contribution in [0.4, 0.5) is 0 Å². The highest BCUT2D eigenvalue weighted by molar-refractivity contribution is 5.86. The van der Waals surface area contributed by atoms with Crippen molar-refractivity contribution in [2.45, 2.75) is 45.4 Å². The van der Waals surface area contributed by atoms with E-state index < -0.39 is 6.10 Å². The Labute approximate surface area is 137 Å². The molecule has 0 unspecified atom stereocenters. The van der Waals surface area contributed by atoms with Gasteiger partial charge in [-0.05, 0) is 39.8 Å². The number of fused-ring (bicyclic) bond motifs is 1. The molecule has 1 aromatic rings. The zero-order chi connectivity index (χ0) is 16.9. The van der Waals surface area contributed by atoms with Gasteiger partial charge in [0.2, 0.25) is 0 Å². The van der Waals surface area contributed by atoms with E-state index in [1.807, 2.05) is 31.2 Å². The summed E-state index contributed by atoms with van der Waals surface area (Å²) in [6, 6.07) is 7.54. The van der Waals surface area contributed by atoms with Gasteiger partial charge in [-0.25, -0.2) is 0 Å². The summed E-state index contributed by atoms with van der Waals surface area (Å²) in [5.41, 5.74) is 0.771. The van der Waals surface area contributed by atoms with E-state index in [0.29, 0.717) is 24.6 Å². The van der Waals surface area contributed by atoms with Gasteiger partial charge in [0.25, 0.3) is 0 Å². The average molecular weight is 323 g/mol. The van der Waals surface area contributed by atoms with Crippen LogP contribution in [0.15, 0.2) is 29.4 Å². The minimum atomic E-state index is -0.560. The van der Waals surface area contributed by atoms with Gasteiger partial charge in [0, 0.05) is 0 Å². The second kappa shape index (κ2) is 7.66. The summed E-state index contributed by atoms with van der Waals surface area (Å²) in [5.74, 6) is 1.45. The van der Waals surface area contributed by atoms with Crippen molar-refractivity contribution in [3.05, 3.63) is 24.3 Å². The quantitative estimate of drug-likeness (QED) is 0.603. The molecule has 6 heteroatoms. The maximum absolute atomic E-state index is 9.88. The van der Waals surface area contributed by atoms with Crippen molar-refractivity contribution >= 4 is 5.71 Å². The molecule has 128 valence electrons. The standard InChI is InChI=1S/C17H26N2O4/c1-12(19-22-10-13(20)9-18-17(2,3)4)16-11-21-14-7-5-6-8-15(14)23-16/h5-8,13,16,18,20H,9-11H2,1-4H3/p+1/b19-12-/t13-,16+/m1/s1. The monoisotopic (exact) mass is 323 g/mol. The van der Waals surface area contributed by atoms with E-state index >= 15 is 0 Å². The van der Waals surface area contributed by atoms with Crippen LogP contribution in [0.1, 0.15) is 27.7 Å². The van der Waals surface area contributed by atoms with E-state index in [0.717, 1.165) is 5.75 Å². The van der Waals surface area contributed by atoms with Gasteiger partial charge in [-0.2, -0.15) is 0 Å². The van der Waals surface area contributed by atoms with Gasteiger partial charge in [0.05, 0.1) is 11.3 Å². The smallest absolute Gasteiger partial charge is 0.174 e. The van der Waals surface area contributed by atoms with Gasteiger partial charge >= 0.3 is 0 Å². The number of aliphatic hydroxyl groups excluding tert-OH is 1. The molecule has 1 heterocycles. The lowest BCUT2D eigenvalue weighted by Gasteiger charge is -2.26. The van der Waals surface area contributed by atoms with Crippen molar-refractivity contribution in [1.82, 2.24) is 0 Å². The molecule has 0 spiro atoms. The lowest BCUT2D eigenvalue weighted by atomic mass is 10.1. The highest BCUT2D eigenvalue weighted by Crippen LogP contribution is 2.31. The number of nitrogens with zero attached hydrogens (tertiary/aromatic N) is 1. The Morgan fingerprint density at radius 2 is 2.09 bits per heavy atom. The SMILES string of the molecule is C/C(=N/OC[C@H](O)C[NH2+]C(C)(C)C)[C@@H]1COc2ccccc2O1. The Hall–Kier alpha value is -1.79. The van der Waals surface area contributed by atoms with Crippen LogP contribution in [-0.4, -0.2) is 48.3 Å². The van der Waals surface area contributed by atoms with Crippen molar-refractivity contribution in [3.63, 3.8) is 0 Å². The average Bonchev–Trinajstić information content (AvgIpc) is 2.51. The molecule has 0 aliphatic carbocycles. The second-order valence-electron chi connectivity index (χ2n) is 6.85. The van der Waals surface area contributed by atoms with E-state index in [4.69, 9.17) is 14.3 Å². The van der Waals surface area contributed by atoms with Gasteiger partial charge in [0.15, 0.2) is 17.6 Å². The first-order valence-electron chi connectivity index (χ1n) is 7.92. The van der Waals surface area contributed by atoms with E-state index in [1.54, 1.807) is 0 Å². The molecule has 0 radical (unpaired) electrons. The molecule has 3 N–H and O–H groups in total. The van der Waals surface area contributed by atoms with Crippen molar-refractivity contribution in [2.24, 2.45) is 5.16 Å². The van der Waals surface area contributed by atoms with Crippen LogP contribution in [0.5, 0.6) is 11.5 Å². The van der Waals surface area contributed by atoms with Crippen LogP contribution in [0, 0.1) is 0 Å². The summed E-state index contributed by atoms with van der Waals surface area (Å²) in [6.07, 6.45) is -0.835. The molecule has 2 atom stereocenters. The number of ether oxygens (including phenoxy) is 2. The van der Waals surface area contributed by atoms with Gasteiger partial charge in [-0.3, -0.25) is 0 Å². The second-order valence-corrected chi connectivity index (χ2v) is 6.85. The first kappa shape index (κ1) is 17.6. The Balaban J connectivity index is 1.78. The first-order valence-corrected chi connectivity index (χ1v) is 7.92. The number of hydrogen-bond donors (Lipinski definition) is 2. The molecule has 1 aliphatic heterocycles. The topological polar surface area (TPSA) is 76.9 Å². The normalized spacial score (nSPS) is 19.3. The first-order chi connectivity index (χ1) is 10.8. The van der Waals surface area contributed by atoms with Gasteiger partial charge in [0.1, 0.15) is 25.9 Å². The predicted molar refractivity (Wildman–Crippen MR) is 88.0 cm³/mol. The number of oxime groups is 1. The number of nitrogens with two attached hydrogens (primary N) is 1. The van der Waals surface area contributed by atoms with Crippen molar-refractivity contribution in [1.29, 1.82) is 0 Å². The van der Waals surface area contributed by atoms with E-state index in [-0.39, 0.29) is 18.2 Å². The zero-order valence-corrected chi connectivity index (χ0v) is 14.3. The van der Waals surface area contributed by atoms with Crippen LogP contribution in [0.2, 0.25) is 0 Å². The van der Waals surface area contributed by atoms with Crippen molar-refractivity contribution < 1.29 is 24.7 Å². The minimum absolute atomic E-state index is 0.0842. The summed E-state index contributed by atoms with van der Waals surface area (Å²) in [7, 11) is 0. The largest absolute Gasteiger partial charge is 0.485 e. The molecular formula is C17H27N2O4+. The summed E-state index contributed by atoms with van der Waals surface area (Å²) in [4.78, 5) is 5.25.